The second-order valence-corrected chi connectivity index (χ2v) is 6.75. The van der Waals surface area contributed by atoms with Gasteiger partial charge in [0.05, 0.1) is 20.8 Å². The van der Waals surface area contributed by atoms with E-state index in [2.05, 4.69) is 6.07 Å². The number of thiophene rings is 1. The van der Waals surface area contributed by atoms with E-state index in [0.29, 0.717) is 33.6 Å². The lowest BCUT2D eigenvalue weighted by atomic mass is 10.2. The van der Waals surface area contributed by atoms with Gasteiger partial charge >= 0.3 is 0 Å². The van der Waals surface area contributed by atoms with Gasteiger partial charge in [0.25, 0.3) is 5.91 Å². The van der Waals surface area contributed by atoms with Gasteiger partial charge in [-0.25, -0.2) is 0 Å². The molecular formula is C16H12ClN3O2S. The Kier molecular flexibility index (Phi) is 4.33. The predicted octanol–water partition coefficient (Wildman–Crippen LogP) is 2.76. The van der Waals surface area contributed by atoms with Crippen LogP contribution in [0.1, 0.15) is 15.2 Å². The summed E-state index contributed by atoms with van der Waals surface area (Å²) in [6, 6.07) is 12.3. The molecule has 0 radical (unpaired) electrons. The molecule has 1 aromatic carbocycles. The molecule has 3 rings (SSSR count). The molecule has 116 valence electrons. The van der Waals surface area contributed by atoms with E-state index in [4.69, 9.17) is 16.9 Å². The van der Waals surface area contributed by atoms with Crippen molar-refractivity contribution in [3.8, 4) is 6.07 Å². The molecule has 2 aromatic rings. The van der Waals surface area contributed by atoms with Crippen molar-refractivity contribution < 1.29 is 9.59 Å². The standard InChI is InChI=1S/C16H12ClN3O2S/c17-14-5-4-13(23-14)16(22)19-6-7-20(15(21)10-19)12-3-1-2-11(8-12)9-18/h1-5,8H,6-7,10H2. The molecule has 0 N–H and O–H groups in total. The maximum Gasteiger partial charge on any atom is 0.264 e. The van der Waals surface area contributed by atoms with Crippen LogP contribution in [0.3, 0.4) is 0 Å². The Hall–Kier alpha value is -2.36. The predicted molar refractivity (Wildman–Crippen MR) is 88.7 cm³/mol. The summed E-state index contributed by atoms with van der Waals surface area (Å²) in [7, 11) is 0. The number of piperazine rings is 1. The highest BCUT2D eigenvalue weighted by atomic mass is 35.5. The molecule has 23 heavy (non-hydrogen) atoms. The Labute approximate surface area is 142 Å². The second-order valence-electron chi connectivity index (χ2n) is 5.04. The maximum absolute atomic E-state index is 12.4. The largest absolute Gasteiger partial charge is 0.327 e. The van der Waals surface area contributed by atoms with E-state index < -0.39 is 0 Å². The SMILES string of the molecule is N#Cc1cccc(N2CCN(C(=O)c3ccc(Cl)s3)CC2=O)c1. The van der Waals surface area contributed by atoms with Crippen LogP contribution in [0.5, 0.6) is 0 Å². The molecule has 1 saturated heterocycles. The third kappa shape index (κ3) is 3.21. The van der Waals surface area contributed by atoms with Gasteiger partial charge in [-0.3, -0.25) is 9.59 Å². The number of halogens is 1. The number of carbonyl (C=O) groups is 2. The lowest BCUT2D eigenvalue weighted by Gasteiger charge is -2.34. The monoisotopic (exact) mass is 345 g/mol. The third-order valence-corrected chi connectivity index (χ3v) is 4.80. The molecule has 1 aliphatic heterocycles. The number of nitriles is 1. The van der Waals surface area contributed by atoms with Crippen LogP contribution in [0.4, 0.5) is 5.69 Å². The second kappa shape index (κ2) is 6.41. The Morgan fingerprint density at radius 2 is 2.09 bits per heavy atom. The summed E-state index contributed by atoms with van der Waals surface area (Å²) in [6.07, 6.45) is 0. The van der Waals surface area contributed by atoms with E-state index in [1.165, 1.54) is 16.2 Å². The van der Waals surface area contributed by atoms with Crippen LogP contribution in [-0.2, 0) is 4.79 Å². The summed E-state index contributed by atoms with van der Waals surface area (Å²) in [5, 5.41) is 8.95. The Morgan fingerprint density at radius 1 is 1.26 bits per heavy atom. The fourth-order valence-electron chi connectivity index (χ4n) is 2.45. The fraction of sp³-hybridized carbons (Fsp3) is 0.188. The zero-order valence-corrected chi connectivity index (χ0v) is 13.6. The van der Waals surface area contributed by atoms with Crippen LogP contribution in [-0.4, -0.2) is 36.3 Å². The van der Waals surface area contributed by atoms with E-state index in [-0.39, 0.29) is 18.4 Å². The highest BCUT2D eigenvalue weighted by Crippen LogP contribution is 2.24. The van der Waals surface area contributed by atoms with Crippen molar-refractivity contribution in [1.82, 2.24) is 4.90 Å². The van der Waals surface area contributed by atoms with Crippen LogP contribution in [0.15, 0.2) is 36.4 Å². The molecule has 0 spiro atoms. The van der Waals surface area contributed by atoms with Gasteiger partial charge in [0.2, 0.25) is 5.91 Å². The minimum Gasteiger partial charge on any atom is -0.327 e. The molecule has 0 saturated carbocycles. The number of nitrogens with zero attached hydrogens (tertiary/aromatic N) is 3. The van der Waals surface area contributed by atoms with Crippen molar-refractivity contribution in [3.63, 3.8) is 0 Å². The normalized spacial score (nSPS) is 14.7. The van der Waals surface area contributed by atoms with E-state index in [0.717, 1.165) is 0 Å². The van der Waals surface area contributed by atoms with Gasteiger partial charge in [0.15, 0.2) is 0 Å². The van der Waals surface area contributed by atoms with Crippen molar-refractivity contribution in [3.05, 3.63) is 51.2 Å². The van der Waals surface area contributed by atoms with E-state index in [9.17, 15) is 9.59 Å². The molecule has 1 aliphatic rings. The first-order valence-corrected chi connectivity index (χ1v) is 8.13. The third-order valence-electron chi connectivity index (χ3n) is 3.58. The number of amides is 2. The van der Waals surface area contributed by atoms with Crippen molar-refractivity contribution in [2.75, 3.05) is 24.5 Å². The molecular weight excluding hydrogens is 334 g/mol. The first kappa shape index (κ1) is 15.5. The number of benzene rings is 1. The quantitative estimate of drug-likeness (QED) is 0.840. The van der Waals surface area contributed by atoms with Crippen LogP contribution in [0.2, 0.25) is 4.34 Å². The summed E-state index contributed by atoms with van der Waals surface area (Å²) >= 11 is 7.06. The molecule has 0 bridgehead atoms. The zero-order chi connectivity index (χ0) is 16.4. The molecule has 0 unspecified atom stereocenters. The van der Waals surface area contributed by atoms with E-state index in [1.807, 2.05) is 0 Å². The van der Waals surface area contributed by atoms with E-state index in [1.54, 1.807) is 41.3 Å². The lowest BCUT2D eigenvalue weighted by molar-refractivity contribution is -0.120. The van der Waals surface area contributed by atoms with Crippen molar-refractivity contribution in [1.29, 1.82) is 5.26 Å². The minimum atomic E-state index is -0.180. The van der Waals surface area contributed by atoms with Gasteiger partial charge in [0, 0.05) is 18.8 Å². The fourth-order valence-corrected chi connectivity index (χ4v) is 3.46. The van der Waals surface area contributed by atoms with Crippen molar-refractivity contribution in [2.45, 2.75) is 0 Å². The maximum atomic E-state index is 12.4. The van der Waals surface area contributed by atoms with Gasteiger partial charge in [-0.15, -0.1) is 11.3 Å². The molecule has 0 aliphatic carbocycles. The lowest BCUT2D eigenvalue weighted by Crippen LogP contribution is -2.52. The zero-order valence-electron chi connectivity index (χ0n) is 12.0. The molecule has 1 fully saturated rings. The molecule has 1 aromatic heterocycles. The molecule has 7 heteroatoms. The van der Waals surface area contributed by atoms with Crippen LogP contribution < -0.4 is 4.90 Å². The average Bonchev–Trinajstić information content (AvgIpc) is 3.00. The van der Waals surface area contributed by atoms with Gasteiger partial charge in [-0.05, 0) is 30.3 Å². The molecule has 2 heterocycles. The number of hydrogen-bond donors (Lipinski definition) is 0. The Bertz CT molecular complexity index is 812. The number of carbonyl (C=O) groups excluding carboxylic acids is 2. The highest BCUT2D eigenvalue weighted by Gasteiger charge is 2.29. The van der Waals surface area contributed by atoms with Crippen LogP contribution in [0.25, 0.3) is 0 Å². The van der Waals surface area contributed by atoms with Crippen LogP contribution >= 0.6 is 22.9 Å². The van der Waals surface area contributed by atoms with Crippen LogP contribution in [0, 0.1) is 11.3 Å². The average molecular weight is 346 g/mol. The molecule has 2 amide bonds. The molecule has 0 atom stereocenters. The Morgan fingerprint density at radius 3 is 2.74 bits per heavy atom. The van der Waals surface area contributed by atoms with Gasteiger partial charge in [-0.2, -0.15) is 5.26 Å². The number of anilines is 1. The summed E-state index contributed by atoms with van der Waals surface area (Å²) in [5.41, 5.74) is 1.18. The summed E-state index contributed by atoms with van der Waals surface area (Å²) in [5.74, 6) is -0.344. The van der Waals surface area contributed by atoms with E-state index >= 15 is 0 Å². The van der Waals surface area contributed by atoms with Gasteiger partial charge in [0.1, 0.15) is 6.54 Å². The topological polar surface area (TPSA) is 64.4 Å². The minimum absolute atomic E-state index is 0.0190. The van der Waals surface area contributed by atoms with Crippen molar-refractivity contribution in [2.24, 2.45) is 0 Å². The van der Waals surface area contributed by atoms with Gasteiger partial charge in [-0.1, -0.05) is 17.7 Å². The number of rotatable bonds is 2. The first-order chi connectivity index (χ1) is 11.1. The number of hydrogen-bond acceptors (Lipinski definition) is 4. The Balaban J connectivity index is 1.73. The summed E-state index contributed by atoms with van der Waals surface area (Å²) in [4.78, 5) is 28.4. The smallest absolute Gasteiger partial charge is 0.264 e. The summed E-state index contributed by atoms with van der Waals surface area (Å²) < 4.78 is 0.548. The van der Waals surface area contributed by atoms with Gasteiger partial charge < -0.3 is 9.80 Å². The van der Waals surface area contributed by atoms with Crippen molar-refractivity contribution >= 4 is 40.4 Å². The first-order valence-electron chi connectivity index (χ1n) is 6.93. The summed E-state index contributed by atoms with van der Waals surface area (Å²) in [6.45, 7) is 0.862. The highest BCUT2D eigenvalue weighted by molar-refractivity contribution is 7.17. The molecule has 5 nitrogen and oxygen atoms in total.